The number of fused-ring (bicyclic) bond motifs is 1. The number of carbonyl (C=O) groups excluding carboxylic acids is 1. The average molecular weight is 364 g/mol. The van der Waals surface area contributed by atoms with Gasteiger partial charge in [-0.2, -0.15) is 0 Å². The Balaban J connectivity index is 2.72. The molecule has 0 spiro atoms. The fourth-order valence-electron chi connectivity index (χ4n) is 1.32. The lowest BCUT2D eigenvalue weighted by Gasteiger charge is -1.95. The zero-order valence-corrected chi connectivity index (χ0v) is 11.1. The Kier molecular flexibility index (Phi) is 2.66. The topological polar surface area (TPSA) is 32.9 Å². The molecule has 1 heterocycles. The number of hydrogen-bond donors (Lipinski definition) is 1. The molecule has 0 aliphatic rings. The fourth-order valence-corrected chi connectivity index (χ4v) is 2.15. The summed E-state index contributed by atoms with van der Waals surface area (Å²) in [6.45, 7) is 1.56. The van der Waals surface area contributed by atoms with Crippen molar-refractivity contribution in [2.75, 3.05) is 0 Å². The molecule has 0 aliphatic heterocycles. The normalized spacial score (nSPS) is 10.8. The summed E-state index contributed by atoms with van der Waals surface area (Å²) in [5, 5.41) is 1.07. The Morgan fingerprint density at radius 1 is 1.43 bits per heavy atom. The summed E-state index contributed by atoms with van der Waals surface area (Å²) in [5.41, 5.74) is 1.65. The van der Waals surface area contributed by atoms with Gasteiger partial charge >= 0.3 is 0 Å². The molecule has 2 nitrogen and oxygen atoms in total. The van der Waals surface area contributed by atoms with E-state index in [0.29, 0.717) is 5.69 Å². The smallest absolute Gasteiger partial charge is 0.175 e. The van der Waals surface area contributed by atoms with Gasteiger partial charge in [-0.15, -0.1) is 0 Å². The maximum Gasteiger partial charge on any atom is 0.175 e. The molecule has 0 atom stereocenters. The highest BCUT2D eigenvalue weighted by Crippen LogP contribution is 2.26. The molecule has 0 fully saturated rings. The second-order valence-electron chi connectivity index (χ2n) is 3.09. The molecule has 2 rings (SSSR count). The van der Waals surface area contributed by atoms with Crippen molar-refractivity contribution < 1.29 is 4.79 Å². The fraction of sp³-hybridized carbons (Fsp3) is 0.100. The molecule has 1 N–H and O–H groups in total. The first-order valence-electron chi connectivity index (χ1n) is 4.06. The quantitative estimate of drug-likeness (QED) is 0.607. The number of rotatable bonds is 1. The number of hydrogen-bond acceptors (Lipinski definition) is 1. The summed E-state index contributed by atoms with van der Waals surface area (Å²) >= 11 is 5.70. The van der Waals surface area contributed by atoms with Crippen LogP contribution >= 0.6 is 38.5 Å². The first-order valence-corrected chi connectivity index (χ1v) is 5.94. The van der Waals surface area contributed by atoms with Gasteiger partial charge in [-0.1, -0.05) is 0 Å². The highest BCUT2D eigenvalue weighted by atomic mass is 127. The minimum absolute atomic E-state index is 0.0623. The lowest BCUT2D eigenvalue weighted by atomic mass is 10.2. The average Bonchev–Trinajstić information content (AvgIpc) is 2.48. The molecule has 1 aromatic carbocycles. The molecule has 0 saturated carbocycles. The van der Waals surface area contributed by atoms with Gasteiger partial charge in [0.2, 0.25) is 0 Å². The molecule has 72 valence electrons. The molecule has 0 bridgehead atoms. The van der Waals surface area contributed by atoms with Gasteiger partial charge in [-0.05, 0) is 56.7 Å². The summed E-state index contributed by atoms with van der Waals surface area (Å²) < 4.78 is 2.19. The van der Waals surface area contributed by atoms with E-state index in [1.807, 2.05) is 18.2 Å². The van der Waals surface area contributed by atoms with E-state index < -0.39 is 0 Å². The van der Waals surface area contributed by atoms with Crippen LogP contribution in [0.15, 0.2) is 22.7 Å². The van der Waals surface area contributed by atoms with E-state index in [-0.39, 0.29) is 5.78 Å². The third kappa shape index (κ3) is 1.72. The minimum atomic E-state index is 0.0623. The molecular weight excluding hydrogens is 357 g/mol. The molecule has 0 radical (unpaired) electrons. The van der Waals surface area contributed by atoms with Crippen molar-refractivity contribution in [3.63, 3.8) is 0 Å². The zero-order chi connectivity index (χ0) is 10.3. The predicted molar refractivity (Wildman–Crippen MR) is 68.7 cm³/mol. The second-order valence-corrected chi connectivity index (χ2v) is 5.11. The number of carbonyl (C=O) groups is 1. The van der Waals surface area contributed by atoms with Crippen LogP contribution in [0.2, 0.25) is 0 Å². The van der Waals surface area contributed by atoms with E-state index >= 15 is 0 Å². The summed E-state index contributed by atoms with van der Waals surface area (Å²) in [6, 6.07) is 5.92. The molecule has 0 saturated heterocycles. The first-order chi connectivity index (χ1) is 6.58. The maximum atomic E-state index is 11.1. The lowest BCUT2D eigenvalue weighted by molar-refractivity contribution is 0.101. The van der Waals surface area contributed by atoms with Crippen molar-refractivity contribution >= 4 is 55.2 Å². The van der Waals surface area contributed by atoms with Crippen LogP contribution in [0.5, 0.6) is 0 Å². The second kappa shape index (κ2) is 3.66. The van der Waals surface area contributed by atoms with E-state index in [4.69, 9.17) is 0 Å². The van der Waals surface area contributed by atoms with Crippen LogP contribution in [0.3, 0.4) is 0 Å². The van der Waals surface area contributed by atoms with Crippen molar-refractivity contribution in [3.8, 4) is 0 Å². The zero-order valence-electron chi connectivity index (χ0n) is 7.40. The Morgan fingerprint density at radius 2 is 2.14 bits per heavy atom. The molecule has 0 unspecified atom stereocenters. The lowest BCUT2D eigenvalue weighted by Crippen LogP contribution is -1.89. The van der Waals surface area contributed by atoms with E-state index in [0.717, 1.165) is 18.9 Å². The number of aromatic amines is 1. The third-order valence-electron chi connectivity index (χ3n) is 2.04. The SMILES string of the molecule is CC(=O)c1cc2cc(I)c(Br)cc2[nH]1. The molecule has 4 heteroatoms. The van der Waals surface area contributed by atoms with Crippen molar-refractivity contribution in [2.24, 2.45) is 0 Å². The number of H-pyrrole nitrogens is 1. The predicted octanol–water partition coefficient (Wildman–Crippen LogP) is 3.74. The molecule has 0 amide bonds. The van der Waals surface area contributed by atoms with Crippen LogP contribution in [0, 0.1) is 3.57 Å². The Labute approximate surface area is 103 Å². The van der Waals surface area contributed by atoms with E-state index in [9.17, 15) is 4.79 Å². The Hall–Kier alpha value is -0.360. The Bertz CT molecular complexity index is 479. The number of Topliss-reactive ketones (excluding diaryl/α,β-unsaturated/α-hetero) is 1. The van der Waals surface area contributed by atoms with Crippen LogP contribution in [0.25, 0.3) is 10.9 Å². The maximum absolute atomic E-state index is 11.1. The van der Waals surface area contributed by atoms with Crippen molar-refractivity contribution in [2.45, 2.75) is 6.92 Å². The van der Waals surface area contributed by atoms with Gasteiger partial charge in [0.15, 0.2) is 5.78 Å². The van der Waals surface area contributed by atoms with Gasteiger partial charge in [0.05, 0.1) is 5.69 Å². The molecule has 0 aliphatic carbocycles. The van der Waals surface area contributed by atoms with Crippen LogP contribution < -0.4 is 0 Å². The third-order valence-corrected chi connectivity index (χ3v) is 4.33. The number of halogens is 2. The number of benzene rings is 1. The van der Waals surface area contributed by atoms with Crippen molar-refractivity contribution in [1.29, 1.82) is 0 Å². The highest BCUT2D eigenvalue weighted by Gasteiger charge is 2.06. The molecule has 2 aromatic rings. The van der Waals surface area contributed by atoms with E-state index in [1.165, 1.54) is 0 Å². The Morgan fingerprint density at radius 3 is 2.79 bits per heavy atom. The first kappa shape index (κ1) is 10.2. The van der Waals surface area contributed by atoms with Gasteiger partial charge in [-0.25, -0.2) is 0 Å². The van der Waals surface area contributed by atoms with Gasteiger partial charge in [0, 0.05) is 25.9 Å². The summed E-state index contributed by atoms with van der Waals surface area (Å²) in [6.07, 6.45) is 0. The summed E-state index contributed by atoms with van der Waals surface area (Å²) in [5.74, 6) is 0.0623. The monoisotopic (exact) mass is 363 g/mol. The van der Waals surface area contributed by atoms with Crippen LogP contribution in [0.1, 0.15) is 17.4 Å². The number of aromatic nitrogens is 1. The minimum Gasteiger partial charge on any atom is -0.352 e. The van der Waals surface area contributed by atoms with Crippen LogP contribution in [-0.2, 0) is 0 Å². The molecule has 14 heavy (non-hydrogen) atoms. The number of ketones is 1. The van der Waals surface area contributed by atoms with Gasteiger partial charge in [0.25, 0.3) is 0 Å². The van der Waals surface area contributed by atoms with Crippen LogP contribution in [0.4, 0.5) is 0 Å². The number of nitrogens with one attached hydrogen (secondary N) is 1. The summed E-state index contributed by atoms with van der Waals surface area (Å²) in [4.78, 5) is 14.2. The van der Waals surface area contributed by atoms with Crippen molar-refractivity contribution in [3.05, 3.63) is 31.9 Å². The molecular formula is C10H7BrINO. The highest BCUT2D eigenvalue weighted by molar-refractivity contribution is 14.1. The summed E-state index contributed by atoms with van der Waals surface area (Å²) in [7, 11) is 0. The van der Waals surface area contributed by atoms with Gasteiger partial charge in [-0.3, -0.25) is 4.79 Å². The van der Waals surface area contributed by atoms with Gasteiger partial charge < -0.3 is 4.98 Å². The van der Waals surface area contributed by atoms with Crippen molar-refractivity contribution in [1.82, 2.24) is 4.98 Å². The van der Waals surface area contributed by atoms with Crippen LogP contribution in [-0.4, -0.2) is 10.8 Å². The van der Waals surface area contributed by atoms with E-state index in [2.05, 4.69) is 43.5 Å². The van der Waals surface area contributed by atoms with E-state index in [1.54, 1.807) is 6.92 Å². The van der Waals surface area contributed by atoms with Gasteiger partial charge in [0.1, 0.15) is 0 Å². The largest absolute Gasteiger partial charge is 0.352 e. The molecule has 1 aromatic heterocycles. The standard InChI is InChI=1S/C10H7BrINO/c1-5(14)9-3-6-2-8(12)7(11)4-10(6)13-9/h2-4,13H,1H3.